The molecule has 1 saturated carbocycles. The Hall–Kier alpha value is -0.120. The van der Waals surface area contributed by atoms with Crippen LogP contribution in [-0.4, -0.2) is 26.9 Å². The molecule has 0 aromatic rings. The Balaban J connectivity index is 1.86. The molecule has 0 heterocycles. The van der Waals surface area contributed by atoms with Crippen molar-refractivity contribution in [3.8, 4) is 0 Å². The first-order valence-corrected chi connectivity index (χ1v) is 5.27. The summed E-state index contributed by atoms with van der Waals surface area (Å²) in [5.41, 5.74) is 3.01. The van der Waals surface area contributed by atoms with Crippen LogP contribution in [0.5, 0.6) is 0 Å². The van der Waals surface area contributed by atoms with Crippen LogP contribution in [0.1, 0.15) is 32.1 Å². The van der Waals surface area contributed by atoms with Gasteiger partial charge in [-0.2, -0.15) is 0 Å². The normalized spacial score (nSPS) is 19.2. The lowest BCUT2D eigenvalue weighted by Gasteiger charge is -2.21. The van der Waals surface area contributed by atoms with Crippen molar-refractivity contribution in [2.24, 2.45) is 5.92 Å². The number of hydrogen-bond donors (Lipinski definition) is 1. The summed E-state index contributed by atoms with van der Waals surface area (Å²) < 4.78 is 4.87. The largest absolute Gasteiger partial charge is 0.382 e. The molecule has 1 fully saturated rings. The summed E-state index contributed by atoms with van der Waals surface area (Å²) in [4.78, 5) is 5.20. The lowest BCUT2D eigenvalue weighted by atomic mass is 9.89. The molecule has 13 heavy (non-hydrogen) atoms. The average molecular weight is 187 g/mol. The van der Waals surface area contributed by atoms with Crippen molar-refractivity contribution in [1.29, 1.82) is 0 Å². The van der Waals surface area contributed by atoms with Crippen LogP contribution in [0.3, 0.4) is 0 Å². The van der Waals surface area contributed by atoms with Crippen LogP contribution in [0, 0.1) is 5.92 Å². The van der Waals surface area contributed by atoms with E-state index in [1.165, 1.54) is 32.1 Å². The molecule has 0 atom stereocenters. The van der Waals surface area contributed by atoms with Gasteiger partial charge in [-0.25, -0.2) is 5.48 Å². The van der Waals surface area contributed by atoms with Gasteiger partial charge in [0.15, 0.2) is 0 Å². The van der Waals surface area contributed by atoms with Crippen molar-refractivity contribution in [2.45, 2.75) is 32.1 Å². The number of rotatable bonds is 6. The first-order valence-electron chi connectivity index (χ1n) is 5.27. The first kappa shape index (κ1) is 11.0. The van der Waals surface area contributed by atoms with Gasteiger partial charge in [-0.15, -0.1) is 0 Å². The Labute approximate surface area is 80.7 Å². The van der Waals surface area contributed by atoms with E-state index < -0.39 is 0 Å². The molecule has 0 unspecified atom stereocenters. The lowest BCUT2D eigenvalue weighted by Crippen LogP contribution is -2.26. The van der Waals surface area contributed by atoms with E-state index in [0.29, 0.717) is 13.2 Å². The molecular formula is C10H21NO2. The molecule has 0 saturated heterocycles. The maximum atomic E-state index is 5.20. The van der Waals surface area contributed by atoms with Crippen LogP contribution in [0.15, 0.2) is 0 Å². The number of hydrogen-bond acceptors (Lipinski definition) is 3. The molecule has 1 aliphatic rings. The van der Waals surface area contributed by atoms with Crippen molar-refractivity contribution >= 4 is 0 Å². The maximum Gasteiger partial charge on any atom is 0.0915 e. The second-order valence-corrected chi connectivity index (χ2v) is 3.69. The van der Waals surface area contributed by atoms with E-state index in [1.807, 2.05) is 0 Å². The summed E-state index contributed by atoms with van der Waals surface area (Å²) >= 11 is 0. The lowest BCUT2D eigenvalue weighted by molar-refractivity contribution is -0.00134. The van der Waals surface area contributed by atoms with Crippen molar-refractivity contribution in [3.05, 3.63) is 0 Å². The Morgan fingerprint density at radius 3 is 2.62 bits per heavy atom. The van der Waals surface area contributed by atoms with E-state index in [-0.39, 0.29) is 0 Å². The van der Waals surface area contributed by atoms with Gasteiger partial charge in [-0.1, -0.05) is 19.3 Å². The molecule has 1 N–H and O–H groups in total. The minimum Gasteiger partial charge on any atom is -0.382 e. The smallest absolute Gasteiger partial charge is 0.0915 e. The predicted octanol–water partition coefficient (Wildman–Crippen LogP) is 1.73. The molecular weight excluding hydrogens is 166 g/mol. The van der Waals surface area contributed by atoms with Gasteiger partial charge in [-0.3, -0.25) is 4.84 Å². The van der Waals surface area contributed by atoms with Gasteiger partial charge in [0.1, 0.15) is 0 Å². The molecule has 3 nitrogen and oxygen atoms in total. The zero-order valence-corrected chi connectivity index (χ0v) is 8.55. The quantitative estimate of drug-likeness (QED) is 0.507. The van der Waals surface area contributed by atoms with Crippen molar-refractivity contribution < 1.29 is 9.57 Å². The molecule has 1 aliphatic carbocycles. The summed E-state index contributed by atoms with van der Waals surface area (Å²) in [6.45, 7) is 2.31. The van der Waals surface area contributed by atoms with Gasteiger partial charge < -0.3 is 4.74 Å². The van der Waals surface area contributed by atoms with Gasteiger partial charge in [0.2, 0.25) is 0 Å². The van der Waals surface area contributed by atoms with Crippen molar-refractivity contribution in [2.75, 3.05) is 26.9 Å². The van der Waals surface area contributed by atoms with Crippen molar-refractivity contribution in [1.82, 2.24) is 5.48 Å². The minimum atomic E-state index is 0.642. The molecule has 0 bridgehead atoms. The summed E-state index contributed by atoms with van der Waals surface area (Å²) in [5, 5.41) is 0. The zero-order valence-electron chi connectivity index (χ0n) is 8.55. The molecule has 78 valence electrons. The second kappa shape index (κ2) is 7.30. The SMILES string of the molecule is COCCONCC1CCCCC1. The molecule has 0 amide bonds. The first-order chi connectivity index (χ1) is 6.43. The maximum absolute atomic E-state index is 5.20. The van der Waals surface area contributed by atoms with Crippen LogP contribution < -0.4 is 5.48 Å². The standard InChI is InChI=1S/C10H21NO2/c1-12-7-8-13-11-9-10-5-3-2-4-6-10/h10-11H,2-9H2,1H3. The molecule has 0 aromatic carbocycles. The molecule has 0 radical (unpaired) electrons. The number of ether oxygens (including phenoxy) is 1. The zero-order chi connectivity index (χ0) is 9.36. The topological polar surface area (TPSA) is 30.5 Å². The highest BCUT2D eigenvalue weighted by atomic mass is 16.7. The molecule has 0 aromatic heterocycles. The third kappa shape index (κ3) is 5.24. The monoisotopic (exact) mass is 187 g/mol. The fraction of sp³-hybridized carbons (Fsp3) is 1.00. The molecule has 0 spiro atoms. The Morgan fingerprint density at radius 1 is 1.15 bits per heavy atom. The van der Waals surface area contributed by atoms with Gasteiger partial charge >= 0.3 is 0 Å². The average Bonchev–Trinajstić information content (AvgIpc) is 2.19. The Bertz CT molecular complexity index is 113. The van der Waals surface area contributed by atoms with Crippen LogP contribution in [-0.2, 0) is 9.57 Å². The number of nitrogens with one attached hydrogen (secondary N) is 1. The van der Waals surface area contributed by atoms with E-state index in [4.69, 9.17) is 9.57 Å². The van der Waals surface area contributed by atoms with Gasteiger partial charge in [0.05, 0.1) is 13.2 Å². The van der Waals surface area contributed by atoms with Crippen LogP contribution in [0.4, 0.5) is 0 Å². The van der Waals surface area contributed by atoms with E-state index >= 15 is 0 Å². The molecule has 0 aliphatic heterocycles. The molecule has 1 rings (SSSR count). The van der Waals surface area contributed by atoms with E-state index in [1.54, 1.807) is 7.11 Å². The number of methoxy groups -OCH3 is 1. The van der Waals surface area contributed by atoms with Crippen LogP contribution in [0.2, 0.25) is 0 Å². The van der Waals surface area contributed by atoms with Gasteiger partial charge in [0, 0.05) is 13.7 Å². The van der Waals surface area contributed by atoms with Crippen molar-refractivity contribution in [3.63, 3.8) is 0 Å². The third-order valence-electron chi connectivity index (χ3n) is 2.59. The minimum absolute atomic E-state index is 0.642. The van der Waals surface area contributed by atoms with Gasteiger partial charge in [0.25, 0.3) is 0 Å². The fourth-order valence-corrected chi connectivity index (χ4v) is 1.77. The molecule has 3 heteroatoms. The fourth-order valence-electron chi connectivity index (χ4n) is 1.77. The van der Waals surface area contributed by atoms with E-state index in [2.05, 4.69) is 5.48 Å². The summed E-state index contributed by atoms with van der Waals surface area (Å²) in [6.07, 6.45) is 6.93. The highest BCUT2D eigenvalue weighted by Crippen LogP contribution is 2.22. The van der Waals surface area contributed by atoms with Gasteiger partial charge in [-0.05, 0) is 18.8 Å². The summed E-state index contributed by atoms with van der Waals surface area (Å²) in [7, 11) is 1.69. The highest BCUT2D eigenvalue weighted by Gasteiger charge is 2.12. The highest BCUT2D eigenvalue weighted by molar-refractivity contribution is 4.65. The van der Waals surface area contributed by atoms with Crippen LogP contribution in [0.25, 0.3) is 0 Å². The van der Waals surface area contributed by atoms with Crippen LogP contribution >= 0.6 is 0 Å². The summed E-state index contributed by atoms with van der Waals surface area (Å²) in [6, 6.07) is 0. The van der Waals surface area contributed by atoms with E-state index in [9.17, 15) is 0 Å². The predicted molar refractivity (Wildman–Crippen MR) is 52.4 cm³/mol. The Morgan fingerprint density at radius 2 is 1.92 bits per heavy atom. The third-order valence-corrected chi connectivity index (χ3v) is 2.59. The van der Waals surface area contributed by atoms with E-state index in [0.717, 1.165) is 12.5 Å². The summed E-state index contributed by atoms with van der Waals surface area (Å²) in [5.74, 6) is 0.830. The number of hydroxylamine groups is 1. The Kier molecular flexibility index (Phi) is 6.15. The second-order valence-electron chi connectivity index (χ2n) is 3.69.